The lowest BCUT2D eigenvalue weighted by Crippen LogP contribution is -2.08. The molecule has 0 radical (unpaired) electrons. The minimum absolute atomic E-state index is 0.340. The van der Waals surface area contributed by atoms with Crippen LogP contribution in [-0.4, -0.2) is 0 Å². The minimum atomic E-state index is 0.340. The van der Waals surface area contributed by atoms with E-state index in [9.17, 15) is 0 Å². The van der Waals surface area contributed by atoms with Gasteiger partial charge in [0.25, 0.3) is 0 Å². The summed E-state index contributed by atoms with van der Waals surface area (Å²) in [6.45, 7) is 0. The molecule has 0 saturated heterocycles. The van der Waals surface area contributed by atoms with Gasteiger partial charge in [-0.2, -0.15) is 0 Å². The van der Waals surface area contributed by atoms with E-state index >= 15 is 0 Å². The second-order valence-electron chi connectivity index (χ2n) is 3.60. The van der Waals surface area contributed by atoms with Gasteiger partial charge in [-0.15, -0.1) is 0 Å². The van der Waals surface area contributed by atoms with Crippen LogP contribution in [0.1, 0.15) is 17.2 Å². The van der Waals surface area contributed by atoms with Crippen molar-refractivity contribution in [3.8, 4) is 0 Å². The van der Waals surface area contributed by atoms with Crippen molar-refractivity contribution in [1.82, 2.24) is 4.72 Å². The molecular weight excluding hydrogens is 202 g/mol. The summed E-state index contributed by atoms with van der Waals surface area (Å²) in [6, 6.07) is 19.4. The molecule has 0 aromatic heterocycles. The van der Waals surface area contributed by atoms with Gasteiger partial charge < -0.3 is 0 Å². The highest BCUT2D eigenvalue weighted by atomic mass is 32.2. The van der Waals surface area contributed by atoms with Gasteiger partial charge >= 0.3 is 0 Å². The maximum absolute atomic E-state index is 3.46. The lowest BCUT2D eigenvalue weighted by molar-refractivity contribution is 0.816. The zero-order chi connectivity index (χ0) is 10.1. The first kappa shape index (κ1) is 9.01. The van der Waals surface area contributed by atoms with E-state index in [0.717, 1.165) is 0 Å². The van der Waals surface area contributed by atoms with Crippen molar-refractivity contribution in [2.24, 2.45) is 0 Å². The van der Waals surface area contributed by atoms with Crippen LogP contribution in [0.5, 0.6) is 0 Å². The molecule has 0 fully saturated rings. The highest BCUT2D eigenvalue weighted by Crippen LogP contribution is 2.38. The highest BCUT2D eigenvalue weighted by molar-refractivity contribution is 7.97. The van der Waals surface area contributed by atoms with E-state index in [1.807, 2.05) is 0 Å². The zero-order valence-electron chi connectivity index (χ0n) is 8.18. The monoisotopic (exact) mass is 213 g/mol. The fraction of sp³-hybridized carbons (Fsp3) is 0.0769. The van der Waals surface area contributed by atoms with E-state index in [1.54, 1.807) is 11.9 Å². The third-order valence-corrected chi connectivity index (χ3v) is 3.59. The minimum Gasteiger partial charge on any atom is -0.248 e. The number of rotatable bonds is 1. The number of nitrogens with one attached hydrogen (secondary N) is 1. The van der Waals surface area contributed by atoms with Gasteiger partial charge in [0.05, 0.1) is 6.04 Å². The van der Waals surface area contributed by atoms with Crippen LogP contribution in [0.15, 0.2) is 59.5 Å². The van der Waals surface area contributed by atoms with Gasteiger partial charge in [-0.05, 0) is 29.1 Å². The third kappa shape index (κ3) is 1.56. The van der Waals surface area contributed by atoms with Crippen LogP contribution in [0.25, 0.3) is 0 Å². The Labute approximate surface area is 93.7 Å². The topological polar surface area (TPSA) is 12.0 Å². The van der Waals surface area contributed by atoms with Crippen LogP contribution >= 0.6 is 11.9 Å². The molecule has 2 aromatic carbocycles. The molecule has 2 heteroatoms. The predicted octanol–water partition coefficient (Wildman–Crippen LogP) is 3.39. The Morgan fingerprint density at radius 3 is 2.47 bits per heavy atom. The Morgan fingerprint density at radius 1 is 0.867 bits per heavy atom. The normalized spacial score (nSPS) is 18.8. The summed E-state index contributed by atoms with van der Waals surface area (Å²) >= 11 is 1.72. The Kier molecular flexibility index (Phi) is 2.24. The highest BCUT2D eigenvalue weighted by Gasteiger charge is 2.23. The molecule has 1 atom stereocenters. The molecule has 74 valence electrons. The van der Waals surface area contributed by atoms with Crippen LogP contribution in [0.2, 0.25) is 0 Å². The molecule has 1 aliphatic heterocycles. The summed E-state index contributed by atoms with van der Waals surface area (Å²) in [5.41, 5.74) is 2.71. The summed E-state index contributed by atoms with van der Waals surface area (Å²) in [6.07, 6.45) is 0. The van der Waals surface area contributed by atoms with Gasteiger partial charge in [0, 0.05) is 4.90 Å². The van der Waals surface area contributed by atoms with Crippen molar-refractivity contribution in [3.05, 3.63) is 65.7 Å². The lowest BCUT2D eigenvalue weighted by atomic mass is 10.00. The largest absolute Gasteiger partial charge is 0.248 e. The average Bonchev–Trinajstić information content (AvgIpc) is 2.74. The number of hydrogen-bond donors (Lipinski definition) is 1. The van der Waals surface area contributed by atoms with Gasteiger partial charge in [0.2, 0.25) is 0 Å². The number of hydrogen-bond acceptors (Lipinski definition) is 2. The van der Waals surface area contributed by atoms with Crippen molar-refractivity contribution < 1.29 is 0 Å². The molecule has 0 amide bonds. The molecule has 15 heavy (non-hydrogen) atoms. The standard InChI is InChI=1S/C13H11NS/c1-2-6-10(7-3-1)13-11-8-4-5-9-12(11)15-14-13/h1-9,13-14H. The van der Waals surface area contributed by atoms with Crippen molar-refractivity contribution >= 4 is 11.9 Å². The van der Waals surface area contributed by atoms with E-state index in [2.05, 4.69) is 59.3 Å². The first-order valence-corrected chi connectivity index (χ1v) is 5.83. The number of fused-ring (bicyclic) bond motifs is 1. The van der Waals surface area contributed by atoms with Crippen molar-refractivity contribution in [1.29, 1.82) is 0 Å². The Balaban J connectivity index is 2.05. The molecule has 0 spiro atoms. The Bertz CT molecular complexity index is 467. The fourth-order valence-electron chi connectivity index (χ4n) is 1.89. The zero-order valence-corrected chi connectivity index (χ0v) is 9.00. The summed E-state index contributed by atoms with van der Waals surface area (Å²) < 4.78 is 3.46. The molecule has 3 rings (SSSR count). The first-order chi connectivity index (χ1) is 7.45. The Hall–Kier alpha value is -1.25. The summed E-state index contributed by atoms with van der Waals surface area (Å²) in [5, 5.41) is 0. The van der Waals surface area contributed by atoms with Crippen molar-refractivity contribution in [3.63, 3.8) is 0 Å². The van der Waals surface area contributed by atoms with E-state index in [4.69, 9.17) is 0 Å². The van der Waals surface area contributed by atoms with Crippen LogP contribution in [0.3, 0.4) is 0 Å². The van der Waals surface area contributed by atoms with E-state index in [1.165, 1.54) is 16.0 Å². The molecular formula is C13H11NS. The lowest BCUT2D eigenvalue weighted by Gasteiger charge is -2.10. The van der Waals surface area contributed by atoms with E-state index < -0.39 is 0 Å². The molecule has 0 bridgehead atoms. The summed E-state index contributed by atoms with van der Waals surface area (Å²) in [5.74, 6) is 0. The van der Waals surface area contributed by atoms with Crippen molar-refractivity contribution in [2.45, 2.75) is 10.9 Å². The SMILES string of the molecule is c1ccc(C2NSc3ccccc32)cc1. The molecule has 1 heterocycles. The second kappa shape index (κ2) is 3.72. The summed E-state index contributed by atoms with van der Waals surface area (Å²) in [4.78, 5) is 1.34. The van der Waals surface area contributed by atoms with Crippen LogP contribution < -0.4 is 4.72 Å². The molecule has 0 saturated carbocycles. The smallest absolute Gasteiger partial charge is 0.0686 e. The van der Waals surface area contributed by atoms with Crippen molar-refractivity contribution in [2.75, 3.05) is 0 Å². The number of benzene rings is 2. The quantitative estimate of drug-likeness (QED) is 0.729. The van der Waals surface area contributed by atoms with Gasteiger partial charge in [0.15, 0.2) is 0 Å². The molecule has 0 aliphatic carbocycles. The second-order valence-corrected chi connectivity index (χ2v) is 4.48. The molecule has 1 nitrogen and oxygen atoms in total. The predicted molar refractivity (Wildman–Crippen MR) is 63.7 cm³/mol. The van der Waals surface area contributed by atoms with Gasteiger partial charge in [-0.25, -0.2) is 4.72 Å². The van der Waals surface area contributed by atoms with Crippen LogP contribution in [0, 0.1) is 0 Å². The van der Waals surface area contributed by atoms with Gasteiger partial charge in [-0.3, -0.25) is 0 Å². The van der Waals surface area contributed by atoms with E-state index in [0.29, 0.717) is 6.04 Å². The molecule has 2 aromatic rings. The first-order valence-electron chi connectivity index (χ1n) is 5.01. The molecule has 1 aliphatic rings. The maximum atomic E-state index is 3.46. The maximum Gasteiger partial charge on any atom is 0.0686 e. The van der Waals surface area contributed by atoms with Gasteiger partial charge in [0.1, 0.15) is 0 Å². The summed E-state index contributed by atoms with van der Waals surface area (Å²) in [7, 11) is 0. The van der Waals surface area contributed by atoms with Gasteiger partial charge in [-0.1, -0.05) is 48.5 Å². The van der Waals surface area contributed by atoms with Crippen LogP contribution in [0.4, 0.5) is 0 Å². The fourth-order valence-corrected chi connectivity index (χ4v) is 2.85. The van der Waals surface area contributed by atoms with Crippen LogP contribution in [-0.2, 0) is 0 Å². The Morgan fingerprint density at radius 2 is 1.60 bits per heavy atom. The average molecular weight is 213 g/mol. The van der Waals surface area contributed by atoms with E-state index in [-0.39, 0.29) is 0 Å². The molecule has 1 unspecified atom stereocenters. The third-order valence-electron chi connectivity index (χ3n) is 2.65. The molecule has 1 N–H and O–H groups in total.